The number of alkyl halides is 3. The summed E-state index contributed by atoms with van der Waals surface area (Å²) in [6, 6.07) is 14.8. The number of aromatic nitrogens is 2. The minimum absolute atomic E-state index is 0.207. The highest BCUT2D eigenvalue weighted by atomic mass is 32.1. The Bertz CT molecular complexity index is 1350. The van der Waals surface area contributed by atoms with Gasteiger partial charge in [-0.1, -0.05) is 60.6 Å². The van der Waals surface area contributed by atoms with Gasteiger partial charge in [0.25, 0.3) is 0 Å². The molecule has 0 spiro atoms. The summed E-state index contributed by atoms with van der Waals surface area (Å²) in [6.07, 6.45) is -3.09. The van der Waals surface area contributed by atoms with E-state index < -0.39 is 11.7 Å². The molecular weight excluding hydrogens is 459 g/mol. The first-order chi connectivity index (χ1) is 16.4. The standard InChI is InChI=1S/C26H22F3N3OS/c1-15-12-32(13-15)14-16-7-9-19-18(11-16)8-10-20-24(19)34-25(30-20)23-21(26(27,28)29)22(31-33-23)17-5-3-2-4-6-17/h2-7,9,11,15H,8,10,12-14H2,1H3. The maximum Gasteiger partial charge on any atom is 0.422 e. The summed E-state index contributed by atoms with van der Waals surface area (Å²) >= 11 is 1.25. The predicted octanol–water partition coefficient (Wildman–Crippen LogP) is 6.70. The number of nitrogens with zero attached hydrogens (tertiary/aromatic N) is 3. The second-order valence-electron chi connectivity index (χ2n) is 9.18. The lowest BCUT2D eigenvalue weighted by Crippen LogP contribution is -2.44. The molecule has 0 amide bonds. The third-order valence-corrected chi connectivity index (χ3v) is 7.64. The van der Waals surface area contributed by atoms with E-state index >= 15 is 0 Å². The SMILES string of the molecule is CC1CN(Cc2ccc3c(c2)CCc2nc(-c4onc(-c5ccccc5)c4C(F)(F)F)sc2-3)C1. The summed E-state index contributed by atoms with van der Waals surface area (Å²) in [5, 5.41) is 4.03. The number of fused-ring (bicyclic) bond motifs is 3. The molecule has 0 N–H and O–H groups in total. The number of aryl methyl sites for hydroxylation is 2. The number of benzene rings is 2. The molecular formula is C26H22F3N3OS. The number of hydrogen-bond donors (Lipinski definition) is 0. The van der Waals surface area contributed by atoms with Crippen molar-refractivity contribution in [2.45, 2.75) is 32.5 Å². The fraction of sp³-hybridized carbons (Fsp3) is 0.308. The molecule has 8 heteroatoms. The third kappa shape index (κ3) is 3.75. The summed E-state index contributed by atoms with van der Waals surface area (Å²) in [5.41, 5.74) is 3.67. The van der Waals surface area contributed by atoms with Gasteiger partial charge in [-0.15, -0.1) is 11.3 Å². The van der Waals surface area contributed by atoms with Crippen molar-refractivity contribution >= 4 is 11.3 Å². The Morgan fingerprint density at radius 2 is 1.88 bits per heavy atom. The molecule has 1 fully saturated rings. The van der Waals surface area contributed by atoms with E-state index in [0.29, 0.717) is 12.0 Å². The minimum Gasteiger partial charge on any atom is -0.352 e. The van der Waals surface area contributed by atoms with Gasteiger partial charge in [0, 0.05) is 25.2 Å². The molecule has 1 aliphatic heterocycles. The van der Waals surface area contributed by atoms with Gasteiger partial charge in [-0.25, -0.2) is 4.98 Å². The van der Waals surface area contributed by atoms with Crippen LogP contribution in [-0.2, 0) is 25.6 Å². The Balaban J connectivity index is 1.37. The molecule has 1 saturated heterocycles. The number of hydrogen-bond acceptors (Lipinski definition) is 5. The summed E-state index contributed by atoms with van der Waals surface area (Å²) < 4.78 is 47.6. The van der Waals surface area contributed by atoms with E-state index in [0.717, 1.165) is 48.1 Å². The normalized spacial score (nSPS) is 16.2. The van der Waals surface area contributed by atoms with Gasteiger partial charge >= 0.3 is 6.18 Å². The zero-order valence-electron chi connectivity index (χ0n) is 18.5. The van der Waals surface area contributed by atoms with Gasteiger partial charge in [0.1, 0.15) is 11.3 Å². The molecule has 0 radical (unpaired) electrons. The van der Waals surface area contributed by atoms with E-state index in [-0.39, 0.29) is 16.5 Å². The van der Waals surface area contributed by atoms with Gasteiger partial charge in [0.15, 0.2) is 5.01 Å². The molecule has 0 bridgehead atoms. The Labute approximate surface area is 199 Å². The van der Waals surface area contributed by atoms with Crippen LogP contribution in [0.3, 0.4) is 0 Å². The van der Waals surface area contributed by atoms with Crippen molar-refractivity contribution in [3.63, 3.8) is 0 Å². The summed E-state index contributed by atoms with van der Waals surface area (Å²) in [7, 11) is 0. The van der Waals surface area contributed by atoms with E-state index in [1.807, 2.05) is 0 Å². The molecule has 0 saturated carbocycles. The summed E-state index contributed by atoms with van der Waals surface area (Å²) in [6.45, 7) is 5.45. The van der Waals surface area contributed by atoms with Crippen LogP contribution < -0.4 is 0 Å². The molecule has 3 heterocycles. The van der Waals surface area contributed by atoms with Gasteiger partial charge in [-0.05, 0) is 35.4 Å². The zero-order valence-corrected chi connectivity index (χ0v) is 19.3. The van der Waals surface area contributed by atoms with Crippen molar-refractivity contribution in [1.29, 1.82) is 0 Å². The van der Waals surface area contributed by atoms with Crippen molar-refractivity contribution in [2.75, 3.05) is 13.1 Å². The Kier molecular flexibility index (Phi) is 5.11. The zero-order chi connectivity index (χ0) is 23.4. The second kappa shape index (κ2) is 8.06. The minimum atomic E-state index is -4.62. The Morgan fingerprint density at radius 3 is 2.62 bits per heavy atom. The van der Waals surface area contributed by atoms with E-state index in [4.69, 9.17) is 4.52 Å². The summed E-state index contributed by atoms with van der Waals surface area (Å²) in [4.78, 5) is 7.93. The van der Waals surface area contributed by atoms with Crippen molar-refractivity contribution in [1.82, 2.24) is 15.0 Å². The highest BCUT2D eigenvalue weighted by Gasteiger charge is 2.42. The highest BCUT2D eigenvalue weighted by molar-refractivity contribution is 7.18. The van der Waals surface area contributed by atoms with Crippen LogP contribution in [0.25, 0.3) is 32.5 Å². The maximum absolute atomic E-state index is 14.1. The Hall–Kier alpha value is -2.97. The lowest BCUT2D eigenvalue weighted by molar-refractivity contribution is -0.136. The van der Waals surface area contributed by atoms with E-state index in [2.05, 4.69) is 40.2 Å². The van der Waals surface area contributed by atoms with Crippen LogP contribution >= 0.6 is 11.3 Å². The van der Waals surface area contributed by atoms with Crippen molar-refractivity contribution in [3.8, 4) is 32.5 Å². The fourth-order valence-electron chi connectivity index (χ4n) is 4.96. The number of thiazole rings is 1. The number of rotatable bonds is 4. The smallest absolute Gasteiger partial charge is 0.352 e. The molecule has 6 rings (SSSR count). The average Bonchev–Trinajstić information content (AvgIpc) is 3.43. The molecule has 4 aromatic rings. The molecule has 2 aliphatic rings. The van der Waals surface area contributed by atoms with Crippen LogP contribution in [0, 0.1) is 5.92 Å². The van der Waals surface area contributed by atoms with E-state index in [1.165, 1.54) is 22.5 Å². The lowest BCUT2D eigenvalue weighted by atomic mass is 9.91. The monoisotopic (exact) mass is 481 g/mol. The van der Waals surface area contributed by atoms with Crippen molar-refractivity contribution < 1.29 is 17.7 Å². The Morgan fingerprint density at radius 1 is 1.09 bits per heavy atom. The molecule has 34 heavy (non-hydrogen) atoms. The van der Waals surface area contributed by atoms with Gasteiger partial charge in [-0.2, -0.15) is 13.2 Å². The number of likely N-dealkylation sites (tertiary alicyclic amines) is 1. The quantitative estimate of drug-likeness (QED) is 0.325. The van der Waals surface area contributed by atoms with Gasteiger partial charge < -0.3 is 4.52 Å². The third-order valence-electron chi connectivity index (χ3n) is 6.51. The van der Waals surface area contributed by atoms with Crippen LogP contribution in [0.1, 0.15) is 29.3 Å². The van der Waals surface area contributed by atoms with Crippen LogP contribution in [-0.4, -0.2) is 28.1 Å². The summed E-state index contributed by atoms with van der Waals surface area (Å²) in [5.74, 6) is 0.451. The van der Waals surface area contributed by atoms with Crippen LogP contribution in [0.15, 0.2) is 53.1 Å². The van der Waals surface area contributed by atoms with Crippen molar-refractivity contribution in [3.05, 3.63) is 70.9 Å². The fourth-order valence-corrected chi connectivity index (χ4v) is 6.12. The molecule has 0 atom stereocenters. The second-order valence-corrected chi connectivity index (χ2v) is 10.2. The number of halogens is 3. The molecule has 174 valence electrons. The van der Waals surface area contributed by atoms with Crippen molar-refractivity contribution in [2.24, 2.45) is 5.92 Å². The topological polar surface area (TPSA) is 42.2 Å². The largest absolute Gasteiger partial charge is 0.422 e. The van der Waals surface area contributed by atoms with Crippen LogP contribution in [0.5, 0.6) is 0 Å². The molecule has 0 unspecified atom stereocenters. The predicted molar refractivity (Wildman–Crippen MR) is 125 cm³/mol. The molecule has 2 aromatic heterocycles. The van der Waals surface area contributed by atoms with E-state index in [9.17, 15) is 13.2 Å². The van der Waals surface area contributed by atoms with Gasteiger partial charge in [0.05, 0.1) is 10.6 Å². The highest BCUT2D eigenvalue weighted by Crippen LogP contribution is 2.47. The van der Waals surface area contributed by atoms with Gasteiger partial charge in [0.2, 0.25) is 5.76 Å². The molecule has 1 aliphatic carbocycles. The average molecular weight is 482 g/mol. The van der Waals surface area contributed by atoms with E-state index in [1.54, 1.807) is 30.3 Å². The van der Waals surface area contributed by atoms with Crippen LogP contribution in [0.4, 0.5) is 13.2 Å². The first-order valence-electron chi connectivity index (χ1n) is 11.3. The molecule has 2 aromatic carbocycles. The van der Waals surface area contributed by atoms with Crippen LogP contribution in [0.2, 0.25) is 0 Å². The maximum atomic E-state index is 14.1. The van der Waals surface area contributed by atoms with Gasteiger partial charge in [-0.3, -0.25) is 4.90 Å². The molecule has 4 nitrogen and oxygen atoms in total. The first kappa shape index (κ1) is 21.6. The lowest BCUT2D eigenvalue weighted by Gasteiger charge is -2.37. The first-order valence-corrected chi connectivity index (χ1v) is 12.2.